The predicted octanol–water partition coefficient (Wildman–Crippen LogP) is 1.31. The van der Waals surface area contributed by atoms with Crippen molar-refractivity contribution in [2.75, 3.05) is 26.2 Å². The van der Waals surface area contributed by atoms with Gasteiger partial charge in [0, 0.05) is 32.7 Å². The smallest absolute Gasteiger partial charge is 0.317 e. The zero-order valence-electron chi connectivity index (χ0n) is 11.7. The molecule has 0 bridgehead atoms. The second kappa shape index (κ2) is 7.99. The zero-order valence-corrected chi connectivity index (χ0v) is 11.7. The van der Waals surface area contributed by atoms with E-state index in [4.69, 9.17) is 9.84 Å². The van der Waals surface area contributed by atoms with Crippen molar-refractivity contribution in [2.45, 2.75) is 39.2 Å². The number of nitrogens with zero attached hydrogens (tertiary/aromatic N) is 1. The van der Waals surface area contributed by atoms with Crippen molar-refractivity contribution >= 4 is 12.0 Å². The molecular weight excluding hydrogens is 248 g/mol. The van der Waals surface area contributed by atoms with Crippen LogP contribution in [-0.2, 0) is 9.53 Å². The number of nitrogens with one attached hydrogen (secondary N) is 1. The largest absolute Gasteiger partial charge is 0.481 e. The Morgan fingerprint density at radius 3 is 2.84 bits per heavy atom. The molecule has 0 aliphatic carbocycles. The molecule has 6 nitrogen and oxygen atoms in total. The second-order valence-corrected chi connectivity index (χ2v) is 5.18. The van der Waals surface area contributed by atoms with E-state index >= 15 is 0 Å². The SMILES string of the molecule is CC(C)C1CN(C(=O)NCCCC(=O)O)CCCO1. The third-order valence-electron chi connectivity index (χ3n) is 3.18. The normalized spacial score (nSPS) is 20.2. The van der Waals surface area contributed by atoms with E-state index in [1.165, 1.54) is 0 Å². The Kier molecular flexibility index (Phi) is 6.62. The van der Waals surface area contributed by atoms with Crippen molar-refractivity contribution in [1.82, 2.24) is 10.2 Å². The fourth-order valence-electron chi connectivity index (χ4n) is 1.99. The van der Waals surface area contributed by atoms with E-state index in [0.717, 1.165) is 6.42 Å². The van der Waals surface area contributed by atoms with Gasteiger partial charge in [-0.05, 0) is 18.8 Å². The number of amides is 2. The first-order valence-electron chi connectivity index (χ1n) is 6.87. The molecule has 1 aliphatic rings. The predicted molar refractivity (Wildman–Crippen MR) is 71.0 cm³/mol. The summed E-state index contributed by atoms with van der Waals surface area (Å²) >= 11 is 0. The van der Waals surface area contributed by atoms with Crippen LogP contribution >= 0.6 is 0 Å². The van der Waals surface area contributed by atoms with Crippen LogP contribution in [0.1, 0.15) is 33.1 Å². The summed E-state index contributed by atoms with van der Waals surface area (Å²) in [5.41, 5.74) is 0. The van der Waals surface area contributed by atoms with Crippen LogP contribution in [0.5, 0.6) is 0 Å². The molecule has 6 heteroatoms. The number of hydrogen-bond acceptors (Lipinski definition) is 3. The summed E-state index contributed by atoms with van der Waals surface area (Å²) in [7, 11) is 0. The fraction of sp³-hybridized carbons (Fsp3) is 0.846. The van der Waals surface area contributed by atoms with Crippen LogP contribution in [0.25, 0.3) is 0 Å². The van der Waals surface area contributed by atoms with E-state index in [1.54, 1.807) is 4.90 Å². The molecule has 0 saturated carbocycles. The highest BCUT2D eigenvalue weighted by atomic mass is 16.5. The van der Waals surface area contributed by atoms with Crippen molar-refractivity contribution in [3.8, 4) is 0 Å². The van der Waals surface area contributed by atoms with Crippen molar-refractivity contribution in [2.24, 2.45) is 5.92 Å². The Morgan fingerprint density at radius 1 is 1.47 bits per heavy atom. The maximum Gasteiger partial charge on any atom is 0.317 e. The maximum atomic E-state index is 12.0. The molecule has 1 fully saturated rings. The first-order valence-corrected chi connectivity index (χ1v) is 6.87. The summed E-state index contributed by atoms with van der Waals surface area (Å²) in [4.78, 5) is 24.1. The first-order chi connectivity index (χ1) is 9.00. The summed E-state index contributed by atoms with van der Waals surface area (Å²) in [6.07, 6.45) is 1.45. The molecule has 110 valence electrons. The highest BCUT2D eigenvalue weighted by Gasteiger charge is 2.24. The van der Waals surface area contributed by atoms with Gasteiger partial charge in [0.1, 0.15) is 0 Å². The number of ether oxygens (including phenoxy) is 1. The van der Waals surface area contributed by atoms with Gasteiger partial charge in [0.15, 0.2) is 0 Å². The van der Waals surface area contributed by atoms with E-state index in [9.17, 15) is 9.59 Å². The van der Waals surface area contributed by atoms with E-state index in [0.29, 0.717) is 38.6 Å². The lowest BCUT2D eigenvalue weighted by Crippen LogP contribution is -2.44. The topological polar surface area (TPSA) is 78.9 Å². The zero-order chi connectivity index (χ0) is 14.3. The number of carboxylic acid groups (broad SMARTS) is 1. The van der Waals surface area contributed by atoms with Gasteiger partial charge in [0.25, 0.3) is 0 Å². The lowest BCUT2D eigenvalue weighted by atomic mass is 10.1. The summed E-state index contributed by atoms with van der Waals surface area (Å²) in [5, 5.41) is 11.3. The lowest BCUT2D eigenvalue weighted by Gasteiger charge is -2.26. The van der Waals surface area contributed by atoms with Crippen molar-refractivity contribution in [3.63, 3.8) is 0 Å². The average molecular weight is 272 g/mol. The molecule has 0 aromatic carbocycles. The molecule has 0 spiro atoms. The monoisotopic (exact) mass is 272 g/mol. The van der Waals surface area contributed by atoms with Gasteiger partial charge in [-0.2, -0.15) is 0 Å². The van der Waals surface area contributed by atoms with Gasteiger partial charge in [-0.15, -0.1) is 0 Å². The van der Waals surface area contributed by atoms with Gasteiger partial charge < -0.3 is 20.1 Å². The Bertz CT molecular complexity index is 307. The molecule has 2 amide bonds. The van der Waals surface area contributed by atoms with Crippen molar-refractivity contribution < 1.29 is 19.4 Å². The minimum Gasteiger partial charge on any atom is -0.481 e. The Morgan fingerprint density at radius 2 is 2.21 bits per heavy atom. The van der Waals surface area contributed by atoms with Crippen LogP contribution in [0.3, 0.4) is 0 Å². The molecule has 1 atom stereocenters. The number of carbonyl (C=O) groups is 2. The van der Waals surface area contributed by atoms with Crippen LogP contribution < -0.4 is 5.32 Å². The van der Waals surface area contributed by atoms with Gasteiger partial charge in [0.05, 0.1) is 6.10 Å². The number of urea groups is 1. The van der Waals surface area contributed by atoms with E-state index in [2.05, 4.69) is 19.2 Å². The number of hydrogen-bond donors (Lipinski definition) is 2. The number of carbonyl (C=O) groups excluding carboxylic acids is 1. The van der Waals surface area contributed by atoms with E-state index in [-0.39, 0.29) is 18.6 Å². The van der Waals surface area contributed by atoms with Gasteiger partial charge in [0.2, 0.25) is 0 Å². The lowest BCUT2D eigenvalue weighted by molar-refractivity contribution is -0.137. The molecule has 1 rings (SSSR count). The quantitative estimate of drug-likeness (QED) is 0.740. The molecule has 1 heterocycles. The molecule has 1 aliphatic heterocycles. The number of rotatable bonds is 5. The Balaban J connectivity index is 2.35. The standard InChI is InChI=1S/C13H24N2O4/c1-10(2)11-9-15(7-4-8-19-11)13(18)14-6-3-5-12(16)17/h10-11H,3-9H2,1-2H3,(H,14,18)(H,16,17). The van der Waals surface area contributed by atoms with E-state index < -0.39 is 5.97 Å². The molecule has 19 heavy (non-hydrogen) atoms. The third-order valence-corrected chi connectivity index (χ3v) is 3.18. The van der Waals surface area contributed by atoms with Crippen LogP contribution in [0.4, 0.5) is 4.79 Å². The van der Waals surface area contributed by atoms with Crippen LogP contribution in [-0.4, -0.2) is 54.4 Å². The van der Waals surface area contributed by atoms with Crippen molar-refractivity contribution in [1.29, 1.82) is 0 Å². The molecule has 1 saturated heterocycles. The van der Waals surface area contributed by atoms with Crippen molar-refractivity contribution in [3.05, 3.63) is 0 Å². The summed E-state index contributed by atoms with van der Waals surface area (Å²) < 4.78 is 5.70. The van der Waals surface area contributed by atoms with Crippen LogP contribution in [0, 0.1) is 5.92 Å². The second-order valence-electron chi connectivity index (χ2n) is 5.18. The number of carboxylic acids is 1. The molecular formula is C13H24N2O4. The highest BCUT2D eigenvalue weighted by Crippen LogP contribution is 2.13. The first kappa shape index (κ1) is 15.8. The Labute approximate surface area is 114 Å². The van der Waals surface area contributed by atoms with Gasteiger partial charge in [-0.1, -0.05) is 13.8 Å². The molecule has 2 N–H and O–H groups in total. The summed E-state index contributed by atoms with van der Waals surface area (Å²) in [6, 6.07) is -0.124. The van der Waals surface area contributed by atoms with E-state index in [1.807, 2.05) is 0 Å². The summed E-state index contributed by atoms with van der Waals surface area (Å²) in [6.45, 7) is 6.54. The summed E-state index contributed by atoms with van der Waals surface area (Å²) in [5.74, 6) is -0.460. The highest BCUT2D eigenvalue weighted by molar-refractivity contribution is 5.74. The van der Waals surface area contributed by atoms with Crippen LogP contribution in [0.15, 0.2) is 0 Å². The molecule has 0 radical (unpaired) electrons. The van der Waals surface area contributed by atoms with Gasteiger partial charge in [-0.25, -0.2) is 4.79 Å². The Hall–Kier alpha value is -1.30. The third kappa shape index (κ3) is 5.92. The van der Waals surface area contributed by atoms with Gasteiger partial charge >= 0.3 is 12.0 Å². The maximum absolute atomic E-state index is 12.0. The number of aliphatic carboxylic acids is 1. The minimum atomic E-state index is -0.836. The van der Waals surface area contributed by atoms with Crippen LogP contribution in [0.2, 0.25) is 0 Å². The average Bonchev–Trinajstić information content (AvgIpc) is 2.59. The molecule has 0 aromatic rings. The molecule has 1 unspecified atom stereocenters. The minimum absolute atomic E-state index is 0.0762. The molecule has 0 aromatic heterocycles. The fourth-order valence-corrected chi connectivity index (χ4v) is 1.99. The van der Waals surface area contributed by atoms with Gasteiger partial charge in [-0.3, -0.25) is 4.79 Å².